The molecule has 5 heteroatoms. The topological polar surface area (TPSA) is 50.8 Å². The molecule has 0 aliphatic carbocycles. The van der Waals surface area contributed by atoms with Gasteiger partial charge in [0.15, 0.2) is 17.6 Å². The summed E-state index contributed by atoms with van der Waals surface area (Å²) in [6, 6.07) is 7.59. The third-order valence-electron chi connectivity index (χ3n) is 3.44. The third-order valence-corrected chi connectivity index (χ3v) is 3.44. The SMILES string of the molecule is O=C(NCC1COc2ccccc2O1)N1CCCC1. The highest BCUT2D eigenvalue weighted by Gasteiger charge is 2.23. The number of fused-ring (bicyclic) bond motifs is 1. The Morgan fingerprint density at radius 3 is 2.79 bits per heavy atom. The molecule has 1 unspecified atom stereocenters. The summed E-state index contributed by atoms with van der Waals surface area (Å²) < 4.78 is 11.4. The molecule has 1 aromatic carbocycles. The number of para-hydroxylation sites is 2. The Bertz CT molecular complexity index is 458. The first-order chi connectivity index (χ1) is 9.33. The maximum atomic E-state index is 11.9. The molecule has 1 saturated heterocycles. The summed E-state index contributed by atoms with van der Waals surface area (Å²) in [6.45, 7) is 2.66. The van der Waals surface area contributed by atoms with Gasteiger partial charge in [0.1, 0.15) is 6.61 Å². The molecule has 2 aliphatic heterocycles. The Hall–Kier alpha value is -1.91. The largest absolute Gasteiger partial charge is 0.486 e. The molecule has 102 valence electrons. The van der Waals surface area contributed by atoms with E-state index in [9.17, 15) is 4.79 Å². The minimum absolute atomic E-state index is 0.0000383. The maximum absolute atomic E-state index is 11.9. The Labute approximate surface area is 112 Å². The Kier molecular flexibility index (Phi) is 3.44. The number of nitrogens with zero attached hydrogens (tertiary/aromatic N) is 1. The number of amides is 2. The first kappa shape index (κ1) is 12.1. The number of ether oxygens (including phenoxy) is 2. The van der Waals surface area contributed by atoms with Crippen molar-refractivity contribution in [2.75, 3.05) is 26.2 Å². The van der Waals surface area contributed by atoms with Crippen LogP contribution >= 0.6 is 0 Å². The lowest BCUT2D eigenvalue weighted by Crippen LogP contribution is -2.45. The maximum Gasteiger partial charge on any atom is 0.317 e. The van der Waals surface area contributed by atoms with Crippen molar-refractivity contribution in [2.45, 2.75) is 18.9 Å². The van der Waals surface area contributed by atoms with E-state index in [-0.39, 0.29) is 12.1 Å². The van der Waals surface area contributed by atoms with Crippen LogP contribution in [0.5, 0.6) is 11.5 Å². The molecule has 0 spiro atoms. The van der Waals surface area contributed by atoms with Crippen molar-refractivity contribution in [2.24, 2.45) is 0 Å². The molecule has 2 amide bonds. The van der Waals surface area contributed by atoms with Gasteiger partial charge in [-0.25, -0.2) is 4.79 Å². The first-order valence-electron chi connectivity index (χ1n) is 6.74. The highest BCUT2D eigenvalue weighted by atomic mass is 16.6. The van der Waals surface area contributed by atoms with Gasteiger partial charge < -0.3 is 19.7 Å². The molecule has 0 aromatic heterocycles. The van der Waals surface area contributed by atoms with Gasteiger partial charge in [-0.2, -0.15) is 0 Å². The van der Waals surface area contributed by atoms with Crippen LogP contribution in [0, 0.1) is 0 Å². The molecule has 19 heavy (non-hydrogen) atoms. The zero-order valence-electron chi connectivity index (χ0n) is 10.8. The lowest BCUT2D eigenvalue weighted by atomic mass is 10.2. The fourth-order valence-electron chi connectivity index (χ4n) is 2.40. The second-order valence-electron chi connectivity index (χ2n) is 4.88. The molecule has 1 atom stereocenters. The van der Waals surface area contributed by atoms with E-state index in [0.717, 1.165) is 37.4 Å². The molecule has 3 rings (SSSR count). The van der Waals surface area contributed by atoms with Crippen molar-refractivity contribution < 1.29 is 14.3 Å². The summed E-state index contributed by atoms with van der Waals surface area (Å²) in [5.41, 5.74) is 0. The first-order valence-corrected chi connectivity index (χ1v) is 6.74. The molecular weight excluding hydrogens is 244 g/mol. The van der Waals surface area contributed by atoms with Gasteiger partial charge in [0.2, 0.25) is 0 Å². The fourth-order valence-corrected chi connectivity index (χ4v) is 2.40. The van der Waals surface area contributed by atoms with Crippen LogP contribution in [-0.2, 0) is 0 Å². The summed E-state index contributed by atoms with van der Waals surface area (Å²) >= 11 is 0. The van der Waals surface area contributed by atoms with Crippen molar-refractivity contribution in [1.82, 2.24) is 10.2 Å². The van der Waals surface area contributed by atoms with Crippen LogP contribution in [0.1, 0.15) is 12.8 Å². The lowest BCUT2D eigenvalue weighted by Gasteiger charge is -2.27. The van der Waals surface area contributed by atoms with Crippen LogP contribution in [0.3, 0.4) is 0 Å². The zero-order valence-corrected chi connectivity index (χ0v) is 10.8. The lowest BCUT2D eigenvalue weighted by molar-refractivity contribution is 0.0905. The second kappa shape index (κ2) is 5.38. The number of rotatable bonds is 2. The van der Waals surface area contributed by atoms with Gasteiger partial charge >= 0.3 is 6.03 Å². The summed E-state index contributed by atoms with van der Waals surface area (Å²) in [5.74, 6) is 1.51. The number of carbonyl (C=O) groups excluding carboxylic acids is 1. The zero-order chi connectivity index (χ0) is 13.1. The van der Waals surface area contributed by atoms with E-state index in [4.69, 9.17) is 9.47 Å². The Balaban J connectivity index is 1.50. The number of urea groups is 1. The molecule has 0 radical (unpaired) electrons. The van der Waals surface area contributed by atoms with E-state index in [1.54, 1.807) is 0 Å². The number of benzene rings is 1. The molecule has 0 saturated carbocycles. The van der Waals surface area contributed by atoms with Crippen LogP contribution in [-0.4, -0.2) is 43.3 Å². The minimum atomic E-state index is -0.124. The van der Waals surface area contributed by atoms with Gasteiger partial charge in [0, 0.05) is 13.1 Å². The van der Waals surface area contributed by atoms with E-state index in [1.165, 1.54) is 0 Å². The van der Waals surface area contributed by atoms with Crippen molar-refractivity contribution in [3.8, 4) is 11.5 Å². The van der Waals surface area contributed by atoms with Gasteiger partial charge in [0.05, 0.1) is 6.54 Å². The molecule has 1 N–H and O–H groups in total. The van der Waals surface area contributed by atoms with Crippen molar-refractivity contribution in [1.29, 1.82) is 0 Å². The third kappa shape index (κ3) is 2.75. The van der Waals surface area contributed by atoms with E-state index in [0.29, 0.717) is 13.2 Å². The van der Waals surface area contributed by atoms with Crippen LogP contribution in [0.25, 0.3) is 0 Å². The van der Waals surface area contributed by atoms with Crippen LogP contribution in [0.2, 0.25) is 0 Å². The van der Waals surface area contributed by atoms with E-state index in [1.807, 2.05) is 29.2 Å². The average Bonchev–Trinajstić information content (AvgIpc) is 2.99. The minimum Gasteiger partial charge on any atom is -0.486 e. The molecule has 5 nitrogen and oxygen atoms in total. The van der Waals surface area contributed by atoms with E-state index in [2.05, 4.69) is 5.32 Å². The summed E-state index contributed by atoms with van der Waals surface area (Å²) in [4.78, 5) is 13.7. The van der Waals surface area contributed by atoms with E-state index < -0.39 is 0 Å². The smallest absolute Gasteiger partial charge is 0.317 e. The summed E-state index contributed by atoms with van der Waals surface area (Å²) in [7, 11) is 0. The van der Waals surface area contributed by atoms with Crippen LogP contribution in [0.4, 0.5) is 4.79 Å². The van der Waals surface area contributed by atoms with Crippen molar-refractivity contribution >= 4 is 6.03 Å². The van der Waals surface area contributed by atoms with Gasteiger partial charge in [-0.1, -0.05) is 12.1 Å². The number of likely N-dealkylation sites (tertiary alicyclic amines) is 1. The molecule has 1 fully saturated rings. The average molecular weight is 262 g/mol. The highest BCUT2D eigenvalue weighted by molar-refractivity contribution is 5.74. The van der Waals surface area contributed by atoms with Crippen molar-refractivity contribution in [3.63, 3.8) is 0 Å². The summed E-state index contributed by atoms with van der Waals surface area (Å²) in [5, 5.41) is 2.91. The predicted octanol–water partition coefficient (Wildman–Crippen LogP) is 1.63. The van der Waals surface area contributed by atoms with Crippen LogP contribution < -0.4 is 14.8 Å². The van der Waals surface area contributed by atoms with Gasteiger partial charge in [-0.3, -0.25) is 0 Å². The normalized spacial score (nSPS) is 21.3. The van der Waals surface area contributed by atoms with Crippen molar-refractivity contribution in [3.05, 3.63) is 24.3 Å². The molecular formula is C14H18N2O3. The van der Waals surface area contributed by atoms with Crippen LogP contribution in [0.15, 0.2) is 24.3 Å². The summed E-state index contributed by atoms with van der Waals surface area (Å²) in [6.07, 6.45) is 2.08. The van der Waals surface area contributed by atoms with Gasteiger partial charge in [0.25, 0.3) is 0 Å². The predicted molar refractivity (Wildman–Crippen MR) is 70.6 cm³/mol. The number of hydrogen-bond acceptors (Lipinski definition) is 3. The number of hydrogen-bond donors (Lipinski definition) is 1. The second-order valence-corrected chi connectivity index (χ2v) is 4.88. The molecule has 0 bridgehead atoms. The molecule has 2 aliphatic rings. The fraction of sp³-hybridized carbons (Fsp3) is 0.500. The monoisotopic (exact) mass is 262 g/mol. The molecule has 1 aromatic rings. The quantitative estimate of drug-likeness (QED) is 0.881. The Morgan fingerprint density at radius 1 is 1.26 bits per heavy atom. The highest BCUT2D eigenvalue weighted by Crippen LogP contribution is 2.30. The van der Waals surface area contributed by atoms with Gasteiger partial charge in [-0.15, -0.1) is 0 Å². The number of carbonyl (C=O) groups is 1. The standard InChI is InChI=1S/C14H18N2O3/c17-14(16-7-3-4-8-16)15-9-11-10-18-12-5-1-2-6-13(12)19-11/h1-2,5-6,11H,3-4,7-10H2,(H,15,17). The number of nitrogens with one attached hydrogen (secondary N) is 1. The Morgan fingerprint density at radius 2 is 2.00 bits per heavy atom. The van der Waals surface area contributed by atoms with Gasteiger partial charge in [-0.05, 0) is 25.0 Å². The molecule has 2 heterocycles. The van der Waals surface area contributed by atoms with E-state index >= 15 is 0 Å².